The van der Waals surface area contributed by atoms with Crippen molar-refractivity contribution in [2.45, 2.75) is 19.3 Å². The lowest BCUT2D eigenvalue weighted by molar-refractivity contribution is 0.355. The zero-order chi connectivity index (χ0) is 11.4. The van der Waals surface area contributed by atoms with E-state index in [-0.39, 0.29) is 0 Å². The fourth-order valence-corrected chi connectivity index (χ4v) is 2.34. The largest absolute Gasteiger partial charge is 0.508 e. The smallest absolute Gasteiger partial charge is 0.125 e. The van der Waals surface area contributed by atoms with Gasteiger partial charge in [0.05, 0.1) is 7.11 Å². The maximum absolute atomic E-state index is 9.85. The van der Waals surface area contributed by atoms with Gasteiger partial charge < -0.3 is 15.2 Å². The molecule has 1 unspecified atom stereocenters. The summed E-state index contributed by atoms with van der Waals surface area (Å²) in [7, 11) is 1.65. The van der Waals surface area contributed by atoms with Gasteiger partial charge in [-0.3, -0.25) is 0 Å². The van der Waals surface area contributed by atoms with Gasteiger partial charge in [-0.1, -0.05) is 6.07 Å². The molecule has 0 amide bonds. The number of benzene rings is 1. The SMILES string of the molecule is COc1cccc(O)c1CC1CCCNC1. The van der Waals surface area contributed by atoms with Crippen LogP contribution in [0.3, 0.4) is 0 Å². The summed E-state index contributed by atoms with van der Waals surface area (Å²) < 4.78 is 5.29. The standard InChI is InChI=1S/C13H19NO2/c1-16-13-6-2-5-12(15)11(13)8-10-4-3-7-14-9-10/h2,5-6,10,14-15H,3-4,7-9H2,1H3. The highest BCUT2D eigenvalue weighted by atomic mass is 16.5. The molecule has 0 bridgehead atoms. The Morgan fingerprint density at radius 2 is 2.38 bits per heavy atom. The lowest BCUT2D eigenvalue weighted by Crippen LogP contribution is -2.30. The van der Waals surface area contributed by atoms with Crippen molar-refractivity contribution in [3.8, 4) is 11.5 Å². The monoisotopic (exact) mass is 221 g/mol. The van der Waals surface area contributed by atoms with Gasteiger partial charge in [-0.2, -0.15) is 0 Å². The van der Waals surface area contributed by atoms with E-state index in [2.05, 4.69) is 5.32 Å². The molecule has 3 nitrogen and oxygen atoms in total. The molecule has 1 saturated heterocycles. The highest BCUT2D eigenvalue weighted by Gasteiger charge is 2.17. The molecule has 2 N–H and O–H groups in total. The van der Waals surface area contributed by atoms with E-state index in [1.54, 1.807) is 13.2 Å². The van der Waals surface area contributed by atoms with Crippen molar-refractivity contribution < 1.29 is 9.84 Å². The van der Waals surface area contributed by atoms with Crippen molar-refractivity contribution in [2.24, 2.45) is 5.92 Å². The van der Waals surface area contributed by atoms with E-state index in [4.69, 9.17) is 4.74 Å². The lowest BCUT2D eigenvalue weighted by Gasteiger charge is -2.23. The Labute approximate surface area is 96.4 Å². The second-order valence-electron chi connectivity index (χ2n) is 4.37. The van der Waals surface area contributed by atoms with Gasteiger partial charge in [-0.25, -0.2) is 0 Å². The van der Waals surface area contributed by atoms with Gasteiger partial charge in [0.2, 0.25) is 0 Å². The zero-order valence-electron chi connectivity index (χ0n) is 9.70. The molecule has 1 fully saturated rings. The van der Waals surface area contributed by atoms with E-state index in [1.807, 2.05) is 12.1 Å². The molecule has 3 heteroatoms. The van der Waals surface area contributed by atoms with Crippen molar-refractivity contribution >= 4 is 0 Å². The number of nitrogens with one attached hydrogen (secondary N) is 1. The van der Waals surface area contributed by atoms with Crippen LogP contribution in [0.25, 0.3) is 0 Å². The summed E-state index contributed by atoms with van der Waals surface area (Å²) in [5.74, 6) is 1.76. The van der Waals surface area contributed by atoms with Gasteiger partial charge in [0.25, 0.3) is 0 Å². The van der Waals surface area contributed by atoms with E-state index in [0.29, 0.717) is 11.7 Å². The number of hydrogen-bond acceptors (Lipinski definition) is 3. The molecule has 2 rings (SSSR count). The molecule has 0 spiro atoms. The van der Waals surface area contributed by atoms with Crippen molar-refractivity contribution in [3.05, 3.63) is 23.8 Å². The van der Waals surface area contributed by atoms with Crippen LogP contribution in [0.1, 0.15) is 18.4 Å². The first kappa shape index (κ1) is 11.3. The molecule has 1 heterocycles. The average molecular weight is 221 g/mol. The first-order valence-electron chi connectivity index (χ1n) is 5.87. The van der Waals surface area contributed by atoms with Crippen LogP contribution in [-0.2, 0) is 6.42 Å². The zero-order valence-corrected chi connectivity index (χ0v) is 9.70. The third-order valence-electron chi connectivity index (χ3n) is 3.22. The van der Waals surface area contributed by atoms with Gasteiger partial charge in [-0.15, -0.1) is 0 Å². The fraction of sp³-hybridized carbons (Fsp3) is 0.538. The third-order valence-corrected chi connectivity index (χ3v) is 3.22. The molecule has 0 aliphatic carbocycles. The molecule has 1 aliphatic rings. The molecule has 0 saturated carbocycles. The van der Waals surface area contributed by atoms with Crippen molar-refractivity contribution in [2.75, 3.05) is 20.2 Å². The maximum atomic E-state index is 9.85. The van der Waals surface area contributed by atoms with Crippen LogP contribution in [0.4, 0.5) is 0 Å². The van der Waals surface area contributed by atoms with E-state index >= 15 is 0 Å². The minimum Gasteiger partial charge on any atom is -0.508 e. The summed E-state index contributed by atoms with van der Waals surface area (Å²) in [6, 6.07) is 5.45. The van der Waals surface area contributed by atoms with Crippen molar-refractivity contribution in [1.82, 2.24) is 5.32 Å². The predicted molar refractivity (Wildman–Crippen MR) is 64.0 cm³/mol. The van der Waals surface area contributed by atoms with Crippen molar-refractivity contribution in [3.63, 3.8) is 0 Å². The third kappa shape index (κ3) is 2.47. The van der Waals surface area contributed by atoms with Crippen LogP contribution >= 0.6 is 0 Å². The molecule has 1 aromatic carbocycles. The van der Waals surface area contributed by atoms with Gasteiger partial charge in [0.1, 0.15) is 11.5 Å². The molecule has 88 valence electrons. The van der Waals surface area contributed by atoms with Crippen LogP contribution in [0.5, 0.6) is 11.5 Å². The van der Waals surface area contributed by atoms with E-state index < -0.39 is 0 Å². The molecule has 1 aliphatic heterocycles. The summed E-state index contributed by atoms with van der Waals surface area (Å²) in [6.07, 6.45) is 3.34. The molecule has 1 aromatic rings. The Morgan fingerprint density at radius 1 is 1.50 bits per heavy atom. The van der Waals surface area contributed by atoms with E-state index in [9.17, 15) is 5.11 Å². The first-order chi connectivity index (χ1) is 7.81. The van der Waals surface area contributed by atoms with E-state index in [1.165, 1.54) is 12.8 Å². The highest BCUT2D eigenvalue weighted by molar-refractivity contribution is 5.44. The first-order valence-corrected chi connectivity index (χ1v) is 5.87. The molecule has 0 aromatic heterocycles. The maximum Gasteiger partial charge on any atom is 0.125 e. The summed E-state index contributed by atoms with van der Waals surface area (Å²) >= 11 is 0. The van der Waals surface area contributed by atoms with Gasteiger partial charge in [0, 0.05) is 5.56 Å². The fourth-order valence-electron chi connectivity index (χ4n) is 2.34. The predicted octanol–water partition coefficient (Wildman–Crippen LogP) is 1.94. The van der Waals surface area contributed by atoms with Crippen molar-refractivity contribution in [1.29, 1.82) is 0 Å². The summed E-state index contributed by atoms with van der Waals surface area (Å²) in [4.78, 5) is 0. The number of ether oxygens (including phenoxy) is 1. The van der Waals surface area contributed by atoms with Crippen LogP contribution in [0.15, 0.2) is 18.2 Å². The molecule has 16 heavy (non-hydrogen) atoms. The summed E-state index contributed by atoms with van der Waals surface area (Å²) in [5.41, 5.74) is 0.943. The van der Waals surface area contributed by atoms with E-state index in [0.717, 1.165) is 30.8 Å². The Kier molecular flexibility index (Phi) is 3.67. The van der Waals surface area contributed by atoms with Gasteiger partial charge >= 0.3 is 0 Å². The lowest BCUT2D eigenvalue weighted by atomic mass is 9.91. The molecular formula is C13H19NO2. The van der Waals surface area contributed by atoms with Crippen LogP contribution in [0, 0.1) is 5.92 Å². The Hall–Kier alpha value is -1.22. The molecule has 0 radical (unpaired) electrons. The molecule has 1 atom stereocenters. The Bertz CT molecular complexity index is 346. The van der Waals surface area contributed by atoms with Crippen LogP contribution < -0.4 is 10.1 Å². The highest BCUT2D eigenvalue weighted by Crippen LogP contribution is 2.31. The van der Waals surface area contributed by atoms with Crippen LogP contribution in [-0.4, -0.2) is 25.3 Å². The topological polar surface area (TPSA) is 41.5 Å². The molecular weight excluding hydrogens is 202 g/mol. The Balaban J connectivity index is 2.12. The minimum absolute atomic E-state index is 0.352. The average Bonchev–Trinajstić information content (AvgIpc) is 2.33. The Morgan fingerprint density at radius 3 is 3.06 bits per heavy atom. The number of aromatic hydroxyl groups is 1. The second kappa shape index (κ2) is 5.21. The number of rotatable bonds is 3. The number of phenolic OH excluding ortho intramolecular Hbond substituents is 1. The number of hydrogen-bond donors (Lipinski definition) is 2. The minimum atomic E-state index is 0.352. The van der Waals surface area contributed by atoms with Crippen LogP contribution in [0.2, 0.25) is 0 Å². The normalized spacial score (nSPS) is 20.7. The van der Waals surface area contributed by atoms with Gasteiger partial charge in [-0.05, 0) is 50.4 Å². The summed E-state index contributed by atoms with van der Waals surface area (Å²) in [5, 5.41) is 13.2. The number of methoxy groups -OCH3 is 1. The van der Waals surface area contributed by atoms with Gasteiger partial charge in [0.15, 0.2) is 0 Å². The number of phenols is 1. The summed E-state index contributed by atoms with van der Waals surface area (Å²) in [6.45, 7) is 2.16. The number of piperidine rings is 1. The second-order valence-corrected chi connectivity index (χ2v) is 4.37. The quantitative estimate of drug-likeness (QED) is 0.819.